The fourth-order valence-electron chi connectivity index (χ4n) is 2.95. The Labute approximate surface area is 175 Å². The molecule has 4 N–H and O–H groups in total. The molecule has 1 aliphatic heterocycles. The fourth-order valence-corrected chi connectivity index (χ4v) is 2.95. The topological polar surface area (TPSA) is 138 Å². The van der Waals surface area contributed by atoms with Gasteiger partial charge in [0.2, 0.25) is 5.91 Å². The second-order valence-electron chi connectivity index (χ2n) is 7.88. The van der Waals surface area contributed by atoms with E-state index in [0.717, 1.165) is 11.3 Å². The summed E-state index contributed by atoms with van der Waals surface area (Å²) in [6.45, 7) is 5.07. The first-order valence-electron chi connectivity index (χ1n) is 9.56. The Balaban J connectivity index is 2.08. The van der Waals surface area contributed by atoms with E-state index in [9.17, 15) is 14.4 Å². The van der Waals surface area contributed by atoms with Crippen LogP contribution < -0.4 is 21.1 Å². The van der Waals surface area contributed by atoms with Crippen LogP contribution in [0.25, 0.3) is 0 Å². The maximum Gasteiger partial charge on any atom is 0.509 e. The Bertz CT molecular complexity index is 746. The summed E-state index contributed by atoms with van der Waals surface area (Å²) in [6, 6.07) is 7.12. The molecule has 0 bridgehead atoms. The largest absolute Gasteiger partial charge is 0.509 e. The quantitative estimate of drug-likeness (QED) is 0.555. The molecule has 1 aromatic rings. The molecule has 0 aliphatic carbocycles. The number of nitrogens with one attached hydrogen (secondary N) is 2. The van der Waals surface area contributed by atoms with Gasteiger partial charge in [0, 0.05) is 6.54 Å². The van der Waals surface area contributed by atoms with Crippen LogP contribution in [0.5, 0.6) is 5.75 Å². The van der Waals surface area contributed by atoms with Gasteiger partial charge in [0.15, 0.2) is 12.2 Å². The van der Waals surface area contributed by atoms with Crippen molar-refractivity contribution in [3.8, 4) is 5.75 Å². The van der Waals surface area contributed by atoms with Crippen molar-refractivity contribution >= 4 is 18.2 Å². The average Bonchev–Trinajstić information content (AvgIpc) is 3.00. The zero-order valence-electron chi connectivity index (χ0n) is 17.6. The van der Waals surface area contributed by atoms with Gasteiger partial charge in [0.1, 0.15) is 11.4 Å². The lowest BCUT2D eigenvalue weighted by Gasteiger charge is -2.25. The number of methoxy groups -OCH3 is 1. The van der Waals surface area contributed by atoms with E-state index < -0.39 is 36.0 Å². The Hall–Kier alpha value is -3.01. The van der Waals surface area contributed by atoms with E-state index in [1.807, 2.05) is 24.3 Å². The van der Waals surface area contributed by atoms with Crippen molar-refractivity contribution in [1.82, 2.24) is 10.6 Å². The second kappa shape index (κ2) is 10.1. The highest BCUT2D eigenvalue weighted by molar-refractivity contribution is 5.80. The molecule has 1 aliphatic rings. The Kier molecular flexibility index (Phi) is 7.87. The third kappa shape index (κ3) is 7.43. The first-order valence-corrected chi connectivity index (χ1v) is 9.56. The summed E-state index contributed by atoms with van der Waals surface area (Å²) in [4.78, 5) is 35.1. The molecular formula is C20H29N3O7. The summed E-state index contributed by atoms with van der Waals surface area (Å²) in [5.41, 5.74) is 5.28. The van der Waals surface area contributed by atoms with Crippen molar-refractivity contribution in [3.63, 3.8) is 0 Å². The molecular weight excluding hydrogens is 394 g/mol. The van der Waals surface area contributed by atoms with Crippen LogP contribution in [0.4, 0.5) is 9.59 Å². The lowest BCUT2D eigenvalue weighted by atomic mass is 10.0. The van der Waals surface area contributed by atoms with Gasteiger partial charge in [0.25, 0.3) is 0 Å². The van der Waals surface area contributed by atoms with Crippen LogP contribution in [0.3, 0.4) is 0 Å². The molecule has 0 saturated carbocycles. The smallest absolute Gasteiger partial charge is 0.497 e. The first kappa shape index (κ1) is 23.3. The molecule has 10 heteroatoms. The van der Waals surface area contributed by atoms with Gasteiger partial charge in [0.05, 0.1) is 19.7 Å². The third-order valence-electron chi connectivity index (χ3n) is 4.25. The Morgan fingerprint density at radius 2 is 1.83 bits per heavy atom. The molecule has 0 unspecified atom stereocenters. The number of hydrogen-bond donors (Lipinski definition) is 3. The van der Waals surface area contributed by atoms with E-state index in [-0.39, 0.29) is 19.1 Å². The summed E-state index contributed by atoms with van der Waals surface area (Å²) in [5.74, 6) is 0.0238. The van der Waals surface area contributed by atoms with Gasteiger partial charge in [-0.05, 0) is 44.9 Å². The number of nitrogens with two attached hydrogens (primary N) is 1. The van der Waals surface area contributed by atoms with Gasteiger partial charge < -0.3 is 35.3 Å². The van der Waals surface area contributed by atoms with Crippen molar-refractivity contribution in [2.24, 2.45) is 5.73 Å². The minimum absolute atomic E-state index is 0.272. The number of primary amides is 1. The van der Waals surface area contributed by atoms with Crippen LogP contribution >= 0.6 is 0 Å². The minimum atomic E-state index is -0.856. The lowest BCUT2D eigenvalue weighted by molar-refractivity contribution is -0.117. The zero-order chi connectivity index (χ0) is 22.3. The molecule has 30 heavy (non-hydrogen) atoms. The summed E-state index contributed by atoms with van der Waals surface area (Å²) < 4.78 is 21.2. The molecule has 0 spiro atoms. The van der Waals surface area contributed by atoms with Crippen LogP contribution in [0.1, 0.15) is 26.3 Å². The number of carbonyl (C=O) groups excluding carboxylic acids is 3. The molecule has 1 saturated heterocycles. The first-order chi connectivity index (χ1) is 14.1. The molecule has 166 valence electrons. The summed E-state index contributed by atoms with van der Waals surface area (Å²) in [7, 11) is 1.58. The maximum atomic E-state index is 12.1. The number of hydrogen-bond acceptors (Lipinski definition) is 8. The predicted octanol–water partition coefficient (Wildman–Crippen LogP) is 1.11. The second-order valence-corrected chi connectivity index (χ2v) is 7.88. The highest BCUT2D eigenvalue weighted by Crippen LogP contribution is 2.22. The van der Waals surface area contributed by atoms with E-state index in [4.69, 9.17) is 24.7 Å². The summed E-state index contributed by atoms with van der Waals surface area (Å²) in [6.07, 6.45) is -2.74. The van der Waals surface area contributed by atoms with Gasteiger partial charge in [-0.1, -0.05) is 12.1 Å². The van der Waals surface area contributed by atoms with E-state index >= 15 is 0 Å². The molecule has 1 aromatic carbocycles. The monoisotopic (exact) mass is 423 g/mol. The van der Waals surface area contributed by atoms with Crippen molar-refractivity contribution in [3.05, 3.63) is 29.8 Å². The third-order valence-corrected chi connectivity index (χ3v) is 4.25. The highest BCUT2D eigenvalue weighted by Gasteiger charge is 2.42. The summed E-state index contributed by atoms with van der Waals surface area (Å²) in [5, 5.41) is 5.48. The molecule has 3 atom stereocenters. The molecule has 10 nitrogen and oxygen atoms in total. The normalized spacial score (nSPS) is 20.9. The van der Waals surface area contributed by atoms with Gasteiger partial charge in [-0.15, -0.1) is 0 Å². The number of carbonyl (C=O) groups is 3. The van der Waals surface area contributed by atoms with Crippen LogP contribution in [-0.4, -0.2) is 62.2 Å². The lowest BCUT2D eigenvalue weighted by Crippen LogP contribution is -2.44. The maximum absolute atomic E-state index is 12.1. The fraction of sp³-hybridized carbons (Fsp3) is 0.550. The SMILES string of the molecule is COc1ccc(C[C@H]2NC[C@H](OC(=O)OC(C)(C)C)[C@H]2OC(=O)NCC(N)=O)cc1. The van der Waals surface area contributed by atoms with Crippen LogP contribution in [0.2, 0.25) is 0 Å². The van der Waals surface area contributed by atoms with Crippen molar-refractivity contribution < 1.29 is 33.3 Å². The number of benzene rings is 1. The van der Waals surface area contributed by atoms with Crippen LogP contribution in [0, 0.1) is 0 Å². The van der Waals surface area contributed by atoms with Crippen LogP contribution in [0.15, 0.2) is 24.3 Å². The van der Waals surface area contributed by atoms with Crippen molar-refractivity contribution in [2.45, 2.75) is 51.0 Å². The molecule has 0 radical (unpaired) electrons. The average molecular weight is 423 g/mol. The highest BCUT2D eigenvalue weighted by atomic mass is 16.7. The van der Waals surface area contributed by atoms with Gasteiger partial charge in [-0.25, -0.2) is 9.59 Å². The van der Waals surface area contributed by atoms with Gasteiger partial charge in [-0.2, -0.15) is 0 Å². The Morgan fingerprint density at radius 3 is 2.40 bits per heavy atom. The predicted molar refractivity (Wildman–Crippen MR) is 107 cm³/mol. The standard InChI is InChI=1S/C20H29N3O7/c1-20(2,3)30-19(26)28-15-10-22-14(9-12-5-7-13(27-4)8-6-12)17(15)29-18(25)23-11-16(21)24/h5-8,14-15,17,22H,9-11H2,1-4H3,(H2,21,24)(H,23,25)/t14-,15+,17+/m1/s1. The number of amides is 2. The molecule has 2 rings (SSSR count). The van der Waals surface area contributed by atoms with E-state index in [1.165, 1.54) is 0 Å². The van der Waals surface area contributed by atoms with E-state index in [1.54, 1.807) is 27.9 Å². The van der Waals surface area contributed by atoms with E-state index in [0.29, 0.717) is 6.42 Å². The Morgan fingerprint density at radius 1 is 1.17 bits per heavy atom. The van der Waals surface area contributed by atoms with Gasteiger partial charge in [-0.3, -0.25) is 4.79 Å². The van der Waals surface area contributed by atoms with Crippen molar-refractivity contribution in [1.29, 1.82) is 0 Å². The number of rotatable bonds is 7. The van der Waals surface area contributed by atoms with Crippen LogP contribution in [-0.2, 0) is 25.4 Å². The molecule has 1 heterocycles. The minimum Gasteiger partial charge on any atom is -0.497 e. The number of alkyl carbamates (subject to hydrolysis) is 1. The summed E-state index contributed by atoms with van der Waals surface area (Å²) >= 11 is 0. The molecule has 1 fully saturated rings. The van der Waals surface area contributed by atoms with Crippen molar-refractivity contribution in [2.75, 3.05) is 20.2 Å². The zero-order valence-corrected chi connectivity index (χ0v) is 17.6. The molecule has 2 amide bonds. The van der Waals surface area contributed by atoms with E-state index in [2.05, 4.69) is 10.6 Å². The van der Waals surface area contributed by atoms with Gasteiger partial charge >= 0.3 is 12.2 Å². The molecule has 0 aromatic heterocycles. The number of ether oxygens (including phenoxy) is 4.